The molecule has 0 saturated heterocycles. The molecule has 2 atom stereocenters. The van der Waals surface area contributed by atoms with E-state index in [-0.39, 0.29) is 24.2 Å². The molecule has 4 heteroatoms. The molecule has 1 N–H and O–H groups in total. The van der Waals surface area contributed by atoms with Crippen molar-refractivity contribution < 1.29 is 9.84 Å². The van der Waals surface area contributed by atoms with Crippen molar-refractivity contribution in [3.05, 3.63) is 29.8 Å². The third-order valence-electron chi connectivity index (χ3n) is 4.57. The van der Waals surface area contributed by atoms with E-state index in [2.05, 4.69) is 57.7 Å². The first-order chi connectivity index (χ1) is 10.2. The summed E-state index contributed by atoms with van der Waals surface area (Å²) in [5.74, 6) is 0.909. The molecule has 4 nitrogen and oxygen atoms in total. The number of hydrogen-bond donors (Lipinski definition) is 1. The minimum atomic E-state index is 0.0297. The molecule has 0 radical (unpaired) electrons. The topological polar surface area (TPSA) is 35.9 Å². The lowest BCUT2D eigenvalue weighted by Gasteiger charge is -2.40. The predicted octanol–water partition coefficient (Wildman–Crippen LogP) is 2.78. The van der Waals surface area contributed by atoms with Gasteiger partial charge in [-0.1, -0.05) is 18.2 Å². The third kappa shape index (κ3) is 4.70. The predicted molar refractivity (Wildman–Crippen MR) is 92.4 cm³/mol. The number of rotatable bonds is 7. The summed E-state index contributed by atoms with van der Waals surface area (Å²) in [7, 11) is 5.87. The summed E-state index contributed by atoms with van der Waals surface area (Å²) in [4.78, 5) is 4.50. The number of nitrogens with zero attached hydrogens (tertiary/aromatic N) is 2. The van der Waals surface area contributed by atoms with Gasteiger partial charge in [-0.3, -0.25) is 9.80 Å². The monoisotopic (exact) mass is 308 g/mol. The Morgan fingerprint density at radius 2 is 1.77 bits per heavy atom. The van der Waals surface area contributed by atoms with Crippen molar-refractivity contribution in [3.63, 3.8) is 0 Å². The summed E-state index contributed by atoms with van der Waals surface area (Å²) in [6.07, 6.45) is 0. The summed E-state index contributed by atoms with van der Waals surface area (Å²) < 4.78 is 5.46. The standard InChI is InChI=1S/C18H32N2O2/c1-14(16-10-8-9-11-17(16)22-7)19(5)12-15(13-21)20(6)18(2,3)4/h8-11,14-15,21H,12-13H2,1-7H3/t14-,15-/m0/s1. The number of ether oxygens (including phenoxy) is 1. The van der Waals surface area contributed by atoms with Gasteiger partial charge in [-0.25, -0.2) is 0 Å². The van der Waals surface area contributed by atoms with E-state index < -0.39 is 0 Å². The fourth-order valence-corrected chi connectivity index (χ4v) is 2.59. The zero-order valence-electron chi connectivity index (χ0n) is 15.1. The number of methoxy groups -OCH3 is 1. The number of hydrogen-bond acceptors (Lipinski definition) is 4. The highest BCUT2D eigenvalue weighted by molar-refractivity contribution is 5.35. The molecule has 1 aromatic rings. The maximum absolute atomic E-state index is 9.77. The van der Waals surface area contributed by atoms with Gasteiger partial charge in [0.2, 0.25) is 0 Å². The first kappa shape index (κ1) is 18.9. The molecule has 0 fully saturated rings. The van der Waals surface area contributed by atoms with Crippen molar-refractivity contribution in [2.24, 2.45) is 0 Å². The second kappa shape index (κ2) is 7.95. The van der Waals surface area contributed by atoms with Crippen LogP contribution in [-0.4, -0.2) is 60.8 Å². The van der Waals surface area contributed by atoms with Crippen LogP contribution in [0, 0.1) is 0 Å². The van der Waals surface area contributed by atoms with Crippen molar-refractivity contribution in [3.8, 4) is 5.75 Å². The van der Waals surface area contributed by atoms with Crippen LogP contribution in [-0.2, 0) is 0 Å². The summed E-state index contributed by atoms with van der Waals surface area (Å²) in [5, 5.41) is 9.77. The van der Waals surface area contributed by atoms with Crippen molar-refractivity contribution >= 4 is 0 Å². The molecule has 0 aromatic heterocycles. The zero-order chi connectivity index (χ0) is 16.9. The third-order valence-corrected chi connectivity index (χ3v) is 4.57. The van der Waals surface area contributed by atoms with Gasteiger partial charge in [0.05, 0.1) is 13.7 Å². The molecule has 0 spiro atoms. The highest BCUT2D eigenvalue weighted by Gasteiger charge is 2.27. The lowest BCUT2D eigenvalue weighted by atomic mass is 10.0. The van der Waals surface area contributed by atoms with Gasteiger partial charge >= 0.3 is 0 Å². The zero-order valence-corrected chi connectivity index (χ0v) is 15.1. The van der Waals surface area contributed by atoms with Crippen LogP contribution in [0.25, 0.3) is 0 Å². The van der Waals surface area contributed by atoms with Crippen molar-refractivity contribution in [1.82, 2.24) is 9.80 Å². The number of aliphatic hydroxyl groups is 1. The van der Waals surface area contributed by atoms with Gasteiger partial charge in [-0.15, -0.1) is 0 Å². The SMILES string of the molecule is COc1ccccc1[C@H](C)N(C)C[C@@H](CO)N(C)C(C)(C)C. The summed E-state index contributed by atoms with van der Waals surface area (Å²) >= 11 is 0. The van der Waals surface area contributed by atoms with E-state index in [0.29, 0.717) is 0 Å². The minimum absolute atomic E-state index is 0.0297. The van der Waals surface area contributed by atoms with Crippen LogP contribution in [0.3, 0.4) is 0 Å². The van der Waals surface area contributed by atoms with Crippen LogP contribution < -0.4 is 4.74 Å². The number of benzene rings is 1. The Hall–Kier alpha value is -1.10. The second-order valence-corrected chi connectivity index (χ2v) is 6.98. The summed E-state index contributed by atoms with van der Waals surface area (Å²) in [6.45, 7) is 9.61. The molecule has 0 saturated carbocycles. The first-order valence-corrected chi connectivity index (χ1v) is 7.89. The Morgan fingerprint density at radius 1 is 1.18 bits per heavy atom. The molecule has 0 heterocycles. The van der Waals surface area contributed by atoms with Crippen LogP contribution in [0.4, 0.5) is 0 Å². The fraction of sp³-hybridized carbons (Fsp3) is 0.667. The molecular formula is C18H32N2O2. The molecule has 0 aliphatic carbocycles. The van der Waals surface area contributed by atoms with E-state index in [9.17, 15) is 5.11 Å². The average molecular weight is 308 g/mol. The molecule has 0 bridgehead atoms. The molecule has 1 rings (SSSR count). The maximum atomic E-state index is 9.77. The van der Waals surface area contributed by atoms with Crippen molar-refractivity contribution in [2.45, 2.75) is 45.3 Å². The van der Waals surface area contributed by atoms with Gasteiger partial charge in [0.25, 0.3) is 0 Å². The lowest BCUT2D eigenvalue weighted by molar-refractivity contribution is 0.0452. The summed E-state index contributed by atoms with van der Waals surface area (Å²) in [6, 6.07) is 8.43. The van der Waals surface area contributed by atoms with E-state index in [1.807, 2.05) is 18.2 Å². The number of likely N-dealkylation sites (N-methyl/N-ethyl adjacent to an activating group) is 2. The molecule has 126 valence electrons. The maximum Gasteiger partial charge on any atom is 0.123 e. The first-order valence-electron chi connectivity index (χ1n) is 7.89. The molecular weight excluding hydrogens is 276 g/mol. The second-order valence-electron chi connectivity index (χ2n) is 6.98. The van der Waals surface area contributed by atoms with Gasteiger partial charge in [0.1, 0.15) is 5.75 Å². The van der Waals surface area contributed by atoms with Crippen LogP contribution in [0.15, 0.2) is 24.3 Å². The molecule has 0 aliphatic heterocycles. The Morgan fingerprint density at radius 3 is 2.27 bits per heavy atom. The highest BCUT2D eigenvalue weighted by Crippen LogP contribution is 2.28. The normalized spacial score (nSPS) is 15.2. The molecule has 0 aliphatic rings. The Balaban J connectivity index is 2.84. The average Bonchev–Trinajstić information content (AvgIpc) is 2.49. The molecule has 0 amide bonds. The smallest absolute Gasteiger partial charge is 0.123 e. The van der Waals surface area contributed by atoms with Gasteiger partial charge < -0.3 is 9.84 Å². The Kier molecular flexibility index (Phi) is 6.85. The van der Waals surface area contributed by atoms with Crippen molar-refractivity contribution in [2.75, 3.05) is 34.4 Å². The van der Waals surface area contributed by atoms with Gasteiger partial charge in [0, 0.05) is 29.7 Å². The quantitative estimate of drug-likeness (QED) is 0.840. The minimum Gasteiger partial charge on any atom is -0.496 e. The summed E-state index contributed by atoms with van der Waals surface area (Å²) in [5.41, 5.74) is 1.20. The van der Waals surface area contributed by atoms with Crippen LogP contribution >= 0.6 is 0 Å². The van der Waals surface area contributed by atoms with E-state index in [1.54, 1.807) is 7.11 Å². The molecule has 0 unspecified atom stereocenters. The lowest BCUT2D eigenvalue weighted by Crippen LogP contribution is -2.51. The Bertz CT molecular complexity index is 457. The van der Waals surface area contributed by atoms with Crippen LogP contribution in [0.1, 0.15) is 39.3 Å². The van der Waals surface area contributed by atoms with Crippen LogP contribution in [0.5, 0.6) is 5.75 Å². The number of aliphatic hydroxyl groups excluding tert-OH is 1. The molecule has 1 aromatic carbocycles. The van der Waals surface area contributed by atoms with Crippen LogP contribution in [0.2, 0.25) is 0 Å². The largest absolute Gasteiger partial charge is 0.496 e. The molecule has 22 heavy (non-hydrogen) atoms. The number of para-hydroxylation sites is 1. The van der Waals surface area contributed by atoms with Gasteiger partial charge in [0.15, 0.2) is 0 Å². The van der Waals surface area contributed by atoms with E-state index in [4.69, 9.17) is 4.74 Å². The van der Waals surface area contributed by atoms with Gasteiger partial charge in [-0.2, -0.15) is 0 Å². The van der Waals surface area contributed by atoms with E-state index in [1.165, 1.54) is 5.56 Å². The van der Waals surface area contributed by atoms with Crippen molar-refractivity contribution in [1.29, 1.82) is 0 Å². The van der Waals surface area contributed by atoms with E-state index in [0.717, 1.165) is 12.3 Å². The van der Waals surface area contributed by atoms with E-state index >= 15 is 0 Å². The highest BCUT2D eigenvalue weighted by atomic mass is 16.5. The van der Waals surface area contributed by atoms with Gasteiger partial charge in [-0.05, 0) is 47.9 Å². The Labute approximate surface area is 135 Å². The fourth-order valence-electron chi connectivity index (χ4n) is 2.59.